The Labute approximate surface area is 166 Å². The number of nitrogens with two attached hydrogens (primary N) is 1. The van der Waals surface area contributed by atoms with Gasteiger partial charge in [-0.2, -0.15) is 0 Å². The molecule has 2 aromatic rings. The summed E-state index contributed by atoms with van der Waals surface area (Å²) >= 11 is 0. The van der Waals surface area contributed by atoms with Crippen molar-refractivity contribution < 1.29 is 19.3 Å². The molecule has 2 aromatic carbocycles. The summed E-state index contributed by atoms with van der Waals surface area (Å²) in [7, 11) is 0. The van der Waals surface area contributed by atoms with Crippen molar-refractivity contribution in [3.8, 4) is 0 Å². The van der Waals surface area contributed by atoms with Crippen LogP contribution in [0, 0.1) is 17.0 Å². The molecule has 0 atom stereocenters. The van der Waals surface area contributed by atoms with E-state index in [0.29, 0.717) is 25.1 Å². The van der Waals surface area contributed by atoms with Crippen molar-refractivity contribution in [3.05, 3.63) is 69.3 Å². The zero-order chi connectivity index (χ0) is 21.1. The van der Waals surface area contributed by atoms with Gasteiger partial charge in [0.25, 0.3) is 11.6 Å². The number of rotatable bonds is 6. The molecule has 0 aromatic heterocycles. The smallest absolute Gasteiger partial charge is 0.273 e. The zero-order valence-corrected chi connectivity index (χ0v) is 15.8. The third-order valence-electron chi connectivity index (χ3n) is 4.92. The van der Waals surface area contributed by atoms with Gasteiger partial charge >= 0.3 is 0 Å². The van der Waals surface area contributed by atoms with E-state index in [0.717, 1.165) is 0 Å². The number of amides is 3. The second-order valence-corrected chi connectivity index (χ2v) is 6.75. The third kappa shape index (κ3) is 4.08. The predicted octanol–water partition coefficient (Wildman–Crippen LogP) is 2.23. The zero-order valence-electron chi connectivity index (χ0n) is 15.8. The second kappa shape index (κ2) is 8.09. The number of hydrogen-bond acceptors (Lipinski definition) is 5. The summed E-state index contributed by atoms with van der Waals surface area (Å²) in [6, 6.07) is 10.4. The number of anilines is 1. The van der Waals surface area contributed by atoms with Crippen molar-refractivity contribution in [2.24, 2.45) is 5.73 Å². The summed E-state index contributed by atoms with van der Waals surface area (Å²) < 4.78 is 0. The Kier molecular flexibility index (Phi) is 5.58. The molecule has 0 saturated carbocycles. The van der Waals surface area contributed by atoms with Crippen molar-refractivity contribution in [1.82, 2.24) is 4.90 Å². The molecule has 9 nitrogen and oxygen atoms in total. The van der Waals surface area contributed by atoms with Crippen LogP contribution < -0.4 is 10.6 Å². The highest BCUT2D eigenvalue weighted by atomic mass is 16.6. The molecule has 0 radical (unpaired) electrons. The fraction of sp³-hybridized carbons (Fsp3) is 0.250. The van der Waals surface area contributed by atoms with E-state index in [9.17, 15) is 24.5 Å². The lowest BCUT2D eigenvalue weighted by Gasteiger charge is -2.28. The number of benzene rings is 2. The summed E-state index contributed by atoms with van der Waals surface area (Å²) in [4.78, 5) is 50.4. The van der Waals surface area contributed by atoms with Gasteiger partial charge in [-0.25, -0.2) is 0 Å². The highest BCUT2D eigenvalue weighted by molar-refractivity contribution is 6.08. The minimum Gasteiger partial charge on any atom is -0.366 e. The van der Waals surface area contributed by atoms with E-state index in [2.05, 4.69) is 0 Å². The summed E-state index contributed by atoms with van der Waals surface area (Å²) in [5.41, 5.74) is 6.26. The molecule has 2 N–H and O–H groups in total. The Balaban J connectivity index is 2.01. The molecule has 3 rings (SSSR count). The molecule has 150 valence electrons. The third-order valence-corrected chi connectivity index (χ3v) is 4.92. The molecular formula is C20H20N4O5. The van der Waals surface area contributed by atoms with E-state index >= 15 is 0 Å². The molecule has 0 spiro atoms. The van der Waals surface area contributed by atoms with Gasteiger partial charge in [0.1, 0.15) is 6.67 Å². The van der Waals surface area contributed by atoms with E-state index < -0.39 is 16.7 Å². The van der Waals surface area contributed by atoms with Crippen molar-refractivity contribution in [2.45, 2.75) is 19.8 Å². The molecule has 0 unspecified atom stereocenters. The Morgan fingerprint density at radius 2 is 1.90 bits per heavy atom. The first kappa shape index (κ1) is 20.0. The predicted molar refractivity (Wildman–Crippen MR) is 105 cm³/mol. The van der Waals surface area contributed by atoms with Gasteiger partial charge in [-0.15, -0.1) is 0 Å². The fourth-order valence-corrected chi connectivity index (χ4v) is 3.29. The maximum atomic E-state index is 13.3. The van der Waals surface area contributed by atoms with Gasteiger partial charge < -0.3 is 10.6 Å². The minimum atomic E-state index is -0.598. The van der Waals surface area contributed by atoms with Gasteiger partial charge in [0, 0.05) is 41.4 Å². The highest BCUT2D eigenvalue weighted by Crippen LogP contribution is 2.26. The van der Waals surface area contributed by atoms with Crippen molar-refractivity contribution in [3.63, 3.8) is 0 Å². The quantitative estimate of drug-likeness (QED) is 0.592. The number of nitro benzene ring substituents is 1. The second-order valence-electron chi connectivity index (χ2n) is 6.75. The van der Waals surface area contributed by atoms with Crippen molar-refractivity contribution in [1.29, 1.82) is 0 Å². The first-order valence-corrected chi connectivity index (χ1v) is 9.03. The number of primary amides is 1. The van der Waals surface area contributed by atoms with Crippen LogP contribution in [0.4, 0.5) is 11.4 Å². The molecule has 1 heterocycles. The summed E-state index contributed by atoms with van der Waals surface area (Å²) in [6.45, 7) is 2.05. The Bertz CT molecular complexity index is 987. The SMILES string of the molecule is Cc1c(C(=O)N(CN2CCCC2=O)c2ccc(C(N)=O)cc2)cccc1[N+](=O)[O-]. The van der Waals surface area contributed by atoms with Gasteiger partial charge in [0.05, 0.1) is 4.92 Å². The van der Waals surface area contributed by atoms with Gasteiger partial charge in [-0.3, -0.25) is 29.4 Å². The van der Waals surface area contributed by atoms with Crippen LogP contribution in [0.1, 0.15) is 39.1 Å². The van der Waals surface area contributed by atoms with Gasteiger partial charge in [-0.1, -0.05) is 6.07 Å². The van der Waals surface area contributed by atoms with Gasteiger partial charge in [0.15, 0.2) is 0 Å². The summed E-state index contributed by atoms with van der Waals surface area (Å²) in [6.07, 6.45) is 1.12. The lowest BCUT2D eigenvalue weighted by molar-refractivity contribution is -0.385. The van der Waals surface area contributed by atoms with Crippen LogP contribution in [0.5, 0.6) is 0 Å². The molecule has 0 bridgehead atoms. The number of carbonyl (C=O) groups is 3. The molecule has 9 heteroatoms. The first-order chi connectivity index (χ1) is 13.8. The maximum Gasteiger partial charge on any atom is 0.273 e. The van der Waals surface area contributed by atoms with Crippen molar-refractivity contribution in [2.75, 3.05) is 18.1 Å². The number of likely N-dealkylation sites (tertiary alicyclic amines) is 1. The number of carbonyl (C=O) groups excluding carboxylic acids is 3. The first-order valence-electron chi connectivity index (χ1n) is 9.03. The van der Waals surface area contributed by atoms with E-state index in [1.54, 1.807) is 17.0 Å². The average Bonchev–Trinajstić information content (AvgIpc) is 3.10. The monoisotopic (exact) mass is 396 g/mol. The summed E-state index contributed by atoms with van der Waals surface area (Å²) in [5, 5.41) is 11.2. The Morgan fingerprint density at radius 3 is 2.45 bits per heavy atom. The maximum absolute atomic E-state index is 13.3. The van der Waals surface area contributed by atoms with Crippen LogP contribution in [-0.4, -0.2) is 40.8 Å². The normalized spacial score (nSPS) is 13.4. The summed E-state index contributed by atoms with van der Waals surface area (Å²) in [5.74, 6) is -1.14. The Hall–Kier alpha value is -3.75. The van der Waals surface area contributed by atoms with Crippen molar-refractivity contribution >= 4 is 29.1 Å². The lowest BCUT2D eigenvalue weighted by atomic mass is 10.1. The van der Waals surface area contributed by atoms with Crippen LogP contribution in [0.15, 0.2) is 42.5 Å². The van der Waals surface area contributed by atoms with E-state index in [-0.39, 0.29) is 35.0 Å². The number of nitrogens with zero attached hydrogens (tertiary/aromatic N) is 3. The van der Waals surface area contributed by atoms with E-state index in [4.69, 9.17) is 5.73 Å². The molecule has 1 aliphatic rings. The van der Waals surface area contributed by atoms with Crippen LogP contribution in [0.3, 0.4) is 0 Å². The average molecular weight is 396 g/mol. The van der Waals surface area contributed by atoms with Crippen LogP contribution in [0.25, 0.3) is 0 Å². The largest absolute Gasteiger partial charge is 0.366 e. The molecule has 0 aliphatic carbocycles. The lowest BCUT2D eigenvalue weighted by Crippen LogP contribution is -2.42. The molecule has 1 saturated heterocycles. The molecule has 29 heavy (non-hydrogen) atoms. The molecular weight excluding hydrogens is 376 g/mol. The fourth-order valence-electron chi connectivity index (χ4n) is 3.29. The number of nitro groups is 1. The van der Waals surface area contributed by atoms with Crippen LogP contribution in [-0.2, 0) is 4.79 Å². The highest BCUT2D eigenvalue weighted by Gasteiger charge is 2.28. The van der Waals surface area contributed by atoms with Gasteiger partial charge in [0.2, 0.25) is 11.8 Å². The number of hydrogen-bond donors (Lipinski definition) is 1. The van der Waals surface area contributed by atoms with Crippen LogP contribution in [0.2, 0.25) is 0 Å². The Morgan fingerprint density at radius 1 is 1.21 bits per heavy atom. The standard InChI is InChI=1S/C20H20N4O5/c1-13-16(4-2-5-17(13)24(28)29)20(27)23(12-22-11-3-6-18(22)25)15-9-7-14(8-10-15)19(21)26/h2,4-5,7-10H,3,6,11-12H2,1H3,(H2,21,26). The minimum absolute atomic E-state index is 0.00964. The molecule has 1 fully saturated rings. The van der Waals surface area contributed by atoms with Gasteiger partial charge in [-0.05, 0) is 43.7 Å². The van der Waals surface area contributed by atoms with E-state index in [1.165, 1.54) is 42.2 Å². The topological polar surface area (TPSA) is 127 Å². The molecule has 3 amide bonds. The van der Waals surface area contributed by atoms with Crippen LogP contribution >= 0.6 is 0 Å². The van der Waals surface area contributed by atoms with E-state index in [1.807, 2.05) is 0 Å². The molecule has 1 aliphatic heterocycles.